The number of nitriles is 1. The van der Waals surface area contributed by atoms with E-state index >= 15 is 0 Å². The first-order valence-corrected chi connectivity index (χ1v) is 8.38. The predicted molar refractivity (Wildman–Crippen MR) is 82.3 cm³/mol. The highest BCUT2D eigenvalue weighted by atomic mass is 32.2. The van der Waals surface area contributed by atoms with Crippen molar-refractivity contribution >= 4 is 17.7 Å². The number of hydrogen-bond acceptors (Lipinski definition) is 5. The van der Waals surface area contributed by atoms with Crippen LogP contribution in [0, 0.1) is 11.3 Å². The van der Waals surface area contributed by atoms with Crippen molar-refractivity contribution in [2.45, 2.75) is 23.5 Å². The van der Waals surface area contributed by atoms with Crippen molar-refractivity contribution in [3.05, 3.63) is 29.8 Å². The van der Waals surface area contributed by atoms with Gasteiger partial charge in [0.1, 0.15) is 0 Å². The summed E-state index contributed by atoms with van der Waals surface area (Å²) in [6.45, 7) is 2.69. The van der Waals surface area contributed by atoms with E-state index in [9.17, 15) is 4.79 Å². The highest BCUT2D eigenvalue weighted by molar-refractivity contribution is 8.00. The first-order chi connectivity index (χ1) is 10.7. The van der Waals surface area contributed by atoms with Crippen LogP contribution in [0.3, 0.4) is 0 Å². The average molecular weight is 318 g/mol. The van der Waals surface area contributed by atoms with Crippen molar-refractivity contribution in [3.63, 3.8) is 0 Å². The molecule has 0 atom stereocenters. The molecule has 2 aliphatic heterocycles. The summed E-state index contributed by atoms with van der Waals surface area (Å²) in [5, 5.41) is 8.77. The van der Waals surface area contributed by atoms with Crippen LogP contribution in [0.25, 0.3) is 0 Å². The Morgan fingerprint density at radius 2 is 1.86 bits per heavy atom. The molecule has 0 N–H and O–H groups in total. The summed E-state index contributed by atoms with van der Waals surface area (Å²) in [6, 6.07) is 9.38. The molecule has 2 saturated heterocycles. The molecule has 1 aromatic rings. The van der Waals surface area contributed by atoms with Gasteiger partial charge in [-0.05, 0) is 24.3 Å². The number of carbonyl (C=O) groups is 1. The molecule has 0 aliphatic carbocycles. The number of hydrogen-bond donors (Lipinski definition) is 0. The fourth-order valence-electron chi connectivity index (χ4n) is 2.74. The Morgan fingerprint density at radius 1 is 1.23 bits per heavy atom. The fraction of sp³-hybridized carbons (Fsp3) is 0.500. The summed E-state index contributed by atoms with van der Waals surface area (Å²) >= 11 is 1.50. The summed E-state index contributed by atoms with van der Waals surface area (Å²) < 4.78 is 11.3. The minimum absolute atomic E-state index is 0.141. The van der Waals surface area contributed by atoms with Gasteiger partial charge in [0.05, 0.1) is 30.6 Å². The molecule has 0 unspecified atom stereocenters. The van der Waals surface area contributed by atoms with Crippen LogP contribution in [0.2, 0.25) is 0 Å². The number of thioether (sulfide) groups is 1. The van der Waals surface area contributed by atoms with Gasteiger partial charge in [-0.1, -0.05) is 0 Å². The van der Waals surface area contributed by atoms with Crippen LogP contribution in [0.1, 0.15) is 18.4 Å². The van der Waals surface area contributed by atoms with Crippen LogP contribution in [0.5, 0.6) is 0 Å². The number of nitrogens with zero attached hydrogens (tertiary/aromatic N) is 2. The number of likely N-dealkylation sites (tertiary alicyclic amines) is 1. The van der Waals surface area contributed by atoms with Crippen LogP contribution < -0.4 is 0 Å². The van der Waals surface area contributed by atoms with E-state index in [4.69, 9.17) is 14.7 Å². The Morgan fingerprint density at radius 3 is 2.45 bits per heavy atom. The van der Waals surface area contributed by atoms with Gasteiger partial charge in [-0.3, -0.25) is 4.79 Å². The zero-order chi connectivity index (χ0) is 15.4. The lowest BCUT2D eigenvalue weighted by Gasteiger charge is -2.37. The van der Waals surface area contributed by atoms with E-state index < -0.39 is 5.79 Å². The summed E-state index contributed by atoms with van der Waals surface area (Å²) in [5.74, 6) is 0.125. The van der Waals surface area contributed by atoms with Crippen molar-refractivity contribution in [3.8, 4) is 6.07 Å². The van der Waals surface area contributed by atoms with Gasteiger partial charge in [-0.2, -0.15) is 5.26 Å². The Kier molecular flexibility index (Phi) is 4.67. The summed E-state index contributed by atoms with van der Waals surface area (Å²) in [7, 11) is 0. The lowest BCUT2D eigenvalue weighted by molar-refractivity contribution is -0.186. The second kappa shape index (κ2) is 6.69. The van der Waals surface area contributed by atoms with E-state index in [2.05, 4.69) is 6.07 Å². The topological polar surface area (TPSA) is 62.6 Å². The van der Waals surface area contributed by atoms with Crippen molar-refractivity contribution in [1.82, 2.24) is 4.90 Å². The monoisotopic (exact) mass is 318 g/mol. The molecule has 0 saturated carbocycles. The second-order valence-electron chi connectivity index (χ2n) is 5.41. The second-order valence-corrected chi connectivity index (χ2v) is 6.46. The Labute approximate surface area is 134 Å². The minimum atomic E-state index is -0.433. The number of ether oxygens (including phenoxy) is 2. The molecule has 1 aromatic carbocycles. The molecule has 1 amide bonds. The van der Waals surface area contributed by atoms with Gasteiger partial charge in [0, 0.05) is 30.8 Å². The Hall–Kier alpha value is -1.55. The lowest BCUT2D eigenvalue weighted by atomic mass is 10.0. The van der Waals surface area contributed by atoms with E-state index in [0.717, 1.165) is 17.7 Å². The molecule has 2 fully saturated rings. The van der Waals surface area contributed by atoms with Gasteiger partial charge in [0.2, 0.25) is 5.91 Å². The Bertz CT molecular complexity index is 566. The third-order valence-electron chi connectivity index (χ3n) is 4.04. The maximum absolute atomic E-state index is 12.3. The quantitative estimate of drug-likeness (QED) is 0.798. The molecule has 2 aliphatic rings. The van der Waals surface area contributed by atoms with Gasteiger partial charge in [-0.25, -0.2) is 0 Å². The molecule has 6 heteroatoms. The predicted octanol–water partition coefficient (Wildman–Crippen LogP) is 2.02. The third kappa shape index (κ3) is 3.43. The maximum Gasteiger partial charge on any atom is 0.232 e. The van der Waals surface area contributed by atoms with Crippen molar-refractivity contribution in [2.75, 3.05) is 32.1 Å². The van der Waals surface area contributed by atoms with Crippen molar-refractivity contribution in [2.24, 2.45) is 0 Å². The van der Waals surface area contributed by atoms with Crippen LogP contribution in [-0.2, 0) is 14.3 Å². The summed E-state index contributed by atoms with van der Waals surface area (Å²) in [4.78, 5) is 15.2. The average Bonchev–Trinajstić information content (AvgIpc) is 3.02. The van der Waals surface area contributed by atoms with Crippen LogP contribution in [0.15, 0.2) is 29.2 Å². The molecule has 3 rings (SSSR count). The Balaban J connectivity index is 1.47. The highest BCUT2D eigenvalue weighted by Gasteiger charge is 2.40. The standard InChI is InChI=1S/C16H18N2O3S/c17-11-13-1-3-14(4-2-13)22-12-15(19)18-7-5-16(6-8-18)20-9-10-21-16/h1-4H,5-10,12H2. The van der Waals surface area contributed by atoms with Gasteiger partial charge < -0.3 is 14.4 Å². The first-order valence-electron chi connectivity index (χ1n) is 7.39. The van der Waals surface area contributed by atoms with Gasteiger partial charge in [-0.15, -0.1) is 11.8 Å². The molecular formula is C16H18N2O3S. The van der Waals surface area contributed by atoms with E-state index in [1.165, 1.54) is 11.8 Å². The lowest BCUT2D eigenvalue weighted by Crippen LogP contribution is -2.47. The highest BCUT2D eigenvalue weighted by Crippen LogP contribution is 2.31. The molecule has 5 nitrogen and oxygen atoms in total. The van der Waals surface area contributed by atoms with E-state index in [-0.39, 0.29) is 5.91 Å². The normalized spacial score (nSPS) is 20.0. The van der Waals surface area contributed by atoms with Crippen LogP contribution >= 0.6 is 11.8 Å². The molecule has 22 heavy (non-hydrogen) atoms. The summed E-state index contributed by atoms with van der Waals surface area (Å²) in [6.07, 6.45) is 1.50. The van der Waals surface area contributed by atoms with Crippen molar-refractivity contribution in [1.29, 1.82) is 5.26 Å². The molecule has 0 bridgehead atoms. The zero-order valence-electron chi connectivity index (χ0n) is 12.3. The molecule has 0 radical (unpaired) electrons. The summed E-state index contributed by atoms with van der Waals surface area (Å²) in [5.41, 5.74) is 0.633. The molecule has 0 aromatic heterocycles. The number of benzene rings is 1. The van der Waals surface area contributed by atoms with E-state index in [1.807, 2.05) is 17.0 Å². The third-order valence-corrected chi connectivity index (χ3v) is 5.03. The largest absolute Gasteiger partial charge is 0.347 e. The number of piperidine rings is 1. The number of carbonyl (C=O) groups excluding carboxylic acids is 1. The first kappa shape index (κ1) is 15.3. The van der Waals surface area contributed by atoms with Gasteiger partial charge >= 0.3 is 0 Å². The molecule has 116 valence electrons. The SMILES string of the molecule is N#Cc1ccc(SCC(=O)N2CCC3(CC2)OCCO3)cc1. The number of rotatable bonds is 3. The maximum atomic E-state index is 12.3. The van der Waals surface area contributed by atoms with Crippen LogP contribution in [0.4, 0.5) is 0 Å². The molecule has 1 spiro atoms. The van der Waals surface area contributed by atoms with Gasteiger partial charge in [0.25, 0.3) is 0 Å². The van der Waals surface area contributed by atoms with Crippen molar-refractivity contribution < 1.29 is 14.3 Å². The minimum Gasteiger partial charge on any atom is -0.347 e. The molecule has 2 heterocycles. The van der Waals surface area contributed by atoms with Crippen LogP contribution in [-0.4, -0.2) is 48.7 Å². The molecular weight excluding hydrogens is 300 g/mol. The van der Waals surface area contributed by atoms with E-state index in [1.54, 1.807) is 12.1 Å². The fourth-order valence-corrected chi connectivity index (χ4v) is 3.55. The van der Waals surface area contributed by atoms with Gasteiger partial charge in [0.15, 0.2) is 5.79 Å². The number of amides is 1. The smallest absolute Gasteiger partial charge is 0.232 e. The van der Waals surface area contributed by atoms with E-state index in [0.29, 0.717) is 37.6 Å². The zero-order valence-corrected chi connectivity index (χ0v) is 13.1.